The minimum Gasteiger partial charge on any atom is -0.396 e. The number of hydrogen-bond acceptors (Lipinski definition) is 4. The number of nitrogens with zero attached hydrogens (tertiary/aromatic N) is 2. The molecule has 0 aliphatic heterocycles. The van der Waals surface area contributed by atoms with Gasteiger partial charge >= 0.3 is 0 Å². The standard InChI is InChI=1S/C10H17N3O/c1-8(4-6-14)7-12-10-11-5-3-9(2)13-10/h3,5,8,14H,4,6-7H2,1-2H3,(H,11,12,13). The molecule has 0 amide bonds. The number of rotatable bonds is 5. The molecule has 1 atom stereocenters. The van der Waals surface area contributed by atoms with Crippen molar-refractivity contribution >= 4 is 5.95 Å². The molecule has 14 heavy (non-hydrogen) atoms. The molecule has 1 unspecified atom stereocenters. The Labute approximate surface area is 84.4 Å². The molecule has 0 saturated carbocycles. The van der Waals surface area contributed by atoms with Crippen LogP contribution >= 0.6 is 0 Å². The zero-order valence-electron chi connectivity index (χ0n) is 8.70. The number of hydrogen-bond donors (Lipinski definition) is 2. The highest BCUT2D eigenvalue weighted by atomic mass is 16.3. The number of nitrogens with one attached hydrogen (secondary N) is 1. The van der Waals surface area contributed by atoms with E-state index >= 15 is 0 Å². The van der Waals surface area contributed by atoms with Crippen LogP contribution in [-0.4, -0.2) is 28.2 Å². The quantitative estimate of drug-likeness (QED) is 0.741. The van der Waals surface area contributed by atoms with Crippen LogP contribution in [0.15, 0.2) is 12.3 Å². The van der Waals surface area contributed by atoms with E-state index in [2.05, 4.69) is 22.2 Å². The molecule has 0 fully saturated rings. The molecule has 0 spiro atoms. The molecule has 1 rings (SSSR count). The largest absolute Gasteiger partial charge is 0.396 e. The maximum Gasteiger partial charge on any atom is 0.222 e. The molecular weight excluding hydrogens is 178 g/mol. The molecular formula is C10H17N3O. The molecule has 78 valence electrons. The third-order valence-electron chi connectivity index (χ3n) is 2.03. The van der Waals surface area contributed by atoms with E-state index < -0.39 is 0 Å². The van der Waals surface area contributed by atoms with Crippen molar-refractivity contribution in [3.8, 4) is 0 Å². The number of aliphatic hydroxyl groups is 1. The Morgan fingerprint density at radius 1 is 1.57 bits per heavy atom. The summed E-state index contributed by atoms with van der Waals surface area (Å²) >= 11 is 0. The monoisotopic (exact) mass is 195 g/mol. The summed E-state index contributed by atoms with van der Waals surface area (Å²) in [5.74, 6) is 1.10. The van der Waals surface area contributed by atoms with Crippen LogP contribution in [0, 0.1) is 12.8 Å². The average Bonchev–Trinajstić information content (AvgIpc) is 2.15. The fourth-order valence-corrected chi connectivity index (χ4v) is 1.12. The Morgan fingerprint density at radius 2 is 2.36 bits per heavy atom. The van der Waals surface area contributed by atoms with Crippen LogP contribution in [-0.2, 0) is 0 Å². The van der Waals surface area contributed by atoms with E-state index in [1.807, 2.05) is 13.0 Å². The molecule has 0 bridgehead atoms. The first-order valence-corrected chi connectivity index (χ1v) is 4.86. The van der Waals surface area contributed by atoms with Crippen molar-refractivity contribution in [2.24, 2.45) is 5.92 Å². The van der Waals surface area contributed by atoms with E-state index in [0.29, 0.717) is 11.9 Å². The summed E-state index contributed by atoms with van der Waals surface area (Å²) in [6, 6.07) is 1.86. The van der Waals surface area contributed by atoms with Gasteiger partial charge in [0, 0.05) is 25.0 Å². The van der Waals surface area contributed by atoms with E-state index in [0.717, 1.165) is 18.7 Å². The molecule has 2 N–H and O–H groups in total. The zero-order valence-corrected chi connectivity index (χ0v) is 8.70. The summed E-state index contributed by atoms with van der Waals surface area (Å²) in [4.78, 5) is 8.31. The number of anilines is 1. The van der Waals surface area contributed by atoms with Crippen molar-refractivity contribution in [2.75, 3.05) is 18.5 Å². The third kappa shape index (κ3) is 3.70. The summed E-state index contributed by atoms with van der Waals surface area (Å²) in [5.41, 5.74) is 0.956. The summed E-state index contributed by atoms with van der Waals surface area (Å²) in [5, 5.41) is 11.9. The van der Waals surface area contributed by atoms with Crippen molar-refractivity contribution in [3.63, 3.8) is 0 Å². The SMILES string of the molecule is Cc1ccnc(NCC(C)CCO)n1. The van der Waals surface area contributed by atoms with E-state index in [9.17, 15) is 0 Å². The van der Waals surface area contributed by atoms with Crippen LogP contribution in [0.25, 0.3) is 0 Å². The number of aryl methyl sites for hydroxylation is 1. The van der Waals surface area contributed by atoms with E-state index in [4.69, 9.17) is 5.11 Å². The van der Waals surface area contributed by atoms with Gasteiger partial charge in [0.2, 0.25) is 5.95 Å². The second-order valence-electron chi connectivity index (χ2n) is 3.52. The van der Waals surface area contributed by atoms with Crippen molar-refractivity contribution in [2.45, 2.75) is 20.3 Å². The average molecular weight is 195 g/mol. The van der Waals surface area contributed by atoms with Crippen LogP contribution < -0.4 is 5.32 Å². The molecule has 0 aliphatic carbocycles. The van der Waals surface area contributed by atoms with Gasteiger partial charge in [0.25, 0.3) is 0 Å². The Morgan fingerprint density at radius 3 is 3.00 bits per heavy atom. The van der Waals surface area contributed by atoms with Crippen molar-refractivity contribution < 1.29 is 5.11 Å². The Bertz CT molecular complexity index is 278. The minimum atomic E-state index is 0.234. The van der Waals surface area contributed by atoms with Crippen molar-refractivity contribution in [3.05, 3.63) is 18.0 Å². The maximum absolute atomic E-state index is 8.72. The van der Waals surface area contributed by atoms with Gasteiger partial charge < -0.3 is 10.4 Å². The first kappa shape index (κ1) is 10.9. The Hall–Kier alpha value is -1.16. The Kier molecular flexibility index (Phi) is 4.32. The van der Waals surface area contributed by atoms with Gasteiger partial charge in [-0.1, -0.05) is 6.92 Å². The van der Waals surface area contributed by atoms with Crippen molar-refractivity contribution in [1.82, 2.24) is 9.97 Å². The fraction of sp³-hybridized carbons (Fsp3) is 0.600. The second kappa shape index (κ2) is 5.54. The fourth-order valence-electron chi connectivity index (χ4n) is 1.12. The van der Waals surface area contributed by atoms with Gasteiger partial charge in [0.05, 0.1) is 0 Å². The minimum absolute atomic E-state index is 0.234. The molecule has 1 aromatic rings. The van der Waals surface area contributed by atoms with Crippen LogP contribution in [0.1, 0.15) is 19.0 Å². The van der Waals surface area contributed by atoms with Gasteiger partial charge in [-0.15, -0.1) is 0 Å². The van der Waals surface area contributed by atoms with Gasteiger partial charge in [-0.3, -0.25) is 0 Å². The van der Waals surface area contributed by atoms with Crippen LogP contribution in [0.2, 0.25) is 0 Å². The smallest absolute Gasteiger partial charge is 0.222 e. The summed E-state index contributed by atoms with van der Waals surface area (Å²) in [6.45, 7) is 5.05. The topological polar surface area (TPSA) is 58.0 Å². The molecule has 0 aliphatic rings. The molecule has 4 nitrogen and oxygen atoms in total. The van der Waals surface area contributed by atoms with E-state index in [1.165, 1.54) is 0 Å². The summed E-state index contributed by atoms with van der Waals surface area (Å²) < 4.78 is 0. The van der Waals surface area contributed by atoms with Gasteiger partial charge in [0.1, 0.15) is 0 Å². The first-order valence-electron chi connectivity index (χ1n) is 4.86. The molecule has 1 aromatic heterocycles. The predicted molar refractivity (Wildman–Crippen MR) is 56.1 cm³/mol. The molecule has 0 saturated heterocycles. The first-order chi connectivity index (χ1) is 6.72. The van der Waals surface area contributed by atoms with E-state index in [-0.39, 0.29) is 6.61 Å². The molecule has 0 aromatic carbocycles. The lowest BCUT2D eigenvalue weighted by atomic mass is 10.1. The van der Waals surface area contributed by atoms with Gasteiger partial charge in [0.15, 0.2) is 0 Å². The highest BCUT2D eigenvalue weighted by Gasteiger charge is 2.01. The summed E-state index contributed by atoms with van der Waals surface area (Å²) in [7, 11) is 0. The number of aliphatic hydroxyl groups excluding tert-OH is 1. The normalized spacial score (nSPS) is 12.5. The predicted octanol–water partition coefficient (Wildman–Crippen LogP) is 1.22. The zero-order chi connectivity index (χ0) is 10.4. The van der Waals surface area contributed by atoms with Crippen LogP contribution in [0.5, 0.6) is 0 Å². The lowest BCUT2D eigenvalue weighted by molar-refractivity contribution is 0.265. The van der Waals surface area contributed by atoms with Gasteiger partial charge in [-0.2, -0.15) is 0 Å². The summed E-state index contributed by atoms with van der Waals surface area (Å²) in [6.07, 6.45) is 2.54. The molecule has 4 heteroatoms. The van der Waals surface area contributed by atoms with Gasteiger partial charge in [-0.05, 0) is 25.3 Å². The lowest BCUT2D eigenvalue weighted by Crippen LogP contribution is -2.14. The number of aromatic nitrogens is 2. The molecule has 1 heterocycles. The van der Waals surface area contributed by atoms with Crippen LogP contribution in [0.4, 0.5) is 5.95 Å². The second-order valence-corrected chi connectivity index (χ2v) is 3.52. The van der Waals surface area contributed by atoms with Crippen LogP contribution in [0.3, 0.4) is 0 Å². The molecule has 0 radical (unpaired) electrons. The Balaban J connectivity index is 2.37. The highest BCUT2D eigenvalue weighted by Crippen LogP contribution is 2.03. The van der Waals surface area contributed by atoms with E-state index in [1.54, 1.807) is 6.20 Å². The maximum atomic E-state index is 8.72. The van der Waals surface area contributed by atoms with Crippen molar-refractivity contribution in [1.29, 1.82) is 0 Å². The third-order valence-corrected chi connectivity index (χ3v) is 2.03. The van der Waals surface area contributed by atoms with Gasteiger partial charge in [-0.25, -0.2) is 9.97 Å². The highest BCUT2D eigenvalue weighted by molar-refractivity contribution is 5.24. The lowest BCUT2D eigenvalue weighted by Gasteiger charge is -2.10.